The summed E-state index contributed by atoms with van der Waals surface area (Å²) in [6.45, 7) is 4.04. The first-order chi connectivity index (χ1) is 13.6. The van der Waals surface area contributed by atoms with Crippen LogP contribution < -0.4 is 5.32 Å². The third kappa shape index (κ3) is 4.61. The highest BCUT2D eigenvalue weighted by atomic mass is 16.5. The molecule has 2 aromatic rings. The summed E-state index contributed by atoms with van der Waals surface area (Å²) in [5.74, 6) is -0.110. The summed E-state index contributed by atoms with van der Waals surface area (Å²) in [5.41, 5.74) is 1.45. The van der Waals surface area contributed by atoms with Gasteiger partial charge in [0.2, 0.25) is 6.41 Å². The van der Waals surface area contributed by atoms with Gasteiger partial charge < -0.3 is 19.9 Å². The van der Waals surface area contributed by atoms with Crippen LogP contribution in [-0.2, 0) is 9.53 Å². The molecule has 146 valence electrons. The number of benzene rings is 1. The van der Waals surface area contributed by atoms with E-state index < -0.39 is 0 Å². The van der Waals surface area contributed by atoms with Crippen LogP contribution in [0.4, 0.5) is 11.5 Å². The Morgan fingerprint density at radius 3 is 2.50 bits per heavy atom. The molecule has 0 atom stereocenters. The van der Waals surface area contributed by atoms with Crippen molar-refractivity contribution in [1.29, 1.82) is 0 Å². The van der Waals surface area contributed by atoms with Crippen molar-refractivity contribution in [3.63, 3.8) is 0 Å². The molecule has 0 aliphatic carbocycles. The fourth-order valence-corrected chi connectivity index (χ4v) is 2.79. The highest BCUT2D eigenvalue weighted by molar-refractivity contribution is 5.93. The fourth-order valence-electron chi connectivity index (χ4n) is 2.79. The smallest absolute Gasteiger partial charge is 0.338 e. The lowest BCUT2D eigenvalue weighted by Gasteiger charge is -2.32. The maximum atomic E-state index is 12.6. The Labute approximate surface area is 162 Å². The van der Waals surface area contributed by atoms with E-state index in [9.17, 15) is 14.4 Å². The topological polar surface area (TPSA) is 105 Å². The van der Waals surface area contributed by atoms with Crippen LogP contribution in [0.25, 0.3) is 0 Å². The van der Waals surface area contributed by atoms with Crippen LogP contribution in [0.15, 0.2) is 36.7 Å². The number of esters is 1. The Morgan fingerprint density at radius 2 is 1.86 bits per heavy atom. The van der Waals surface area contributed by atoms with E-state index in [2.05, 4.69) is 15.3 Å². The molecule has 9 heteroatoms. The molecule has 1 fully saturated rings. The van der Waals surface area contributed by atoms with Crippen molar-refractivity contribution in [2.24, 2.45) is 0 Å². The lowest BCUT2D eigenvalue weighted by atomic mass is 10.2. The SMILES string of the molecule is CCOC(=O)c1ccc(Nc2cc(C(=O)N3CCN(C=O)CC3)ncn2)cc1. The Kier molecular flexibility index (Phi) is 6.15. The number of piperazine rings is 1. The molecule has 0 unspecified atom stereocenters. The van der Waals surface area contributed by atoms with Crippen LogP contribution in [0.5, 0.6) is 0 Å². The van der Waals surface area contributed by atoms with E-state index in [0.717, 1.165) is 6.41 Å². The highest BCUT2D eigenvalue weighted by Crippen LogP contribution is 2.17. The van der Waals surface area contributed by atoms with E-state index in [1.807, 2.05) is 0 Å². The number of hydrogen-bond acceptors (Lipinski definition) is 7. The van der Waals surface area contributed by atoms with Gasteiger partial charge in [0.15, 0.2) is 0 Å². The van der Waals surface area contributed by atoms with E-state index in [0.29, 0.717) is 49.9 Å². The summed E-state index contributed by atoms with van der Waals surface area (Å²) >= 11 is 0. The van der Waals surface area contributed by atoms with Crippen molar-refractivity contribution < 1.29 is 19.1 Å². The summed E-state index contributed by atoms with van der Waals surface area (Å²) in [7, 11) is 0. The van der Waals surface area contributed by atoms with Gasteiger partial charge >= 0.3 is 5.97 Å². The first-order valence-corrected chi connectivity index (χ1v) is 8.95. The maximum Gasteiger partial charge on any atom is 0.338 e. The number of rotatable bonds is 6. The van der Waals surface area contributed by atoms with E-state index in [4.69, 9.17) is 4.74 Å². The van der Waals surface area contributed by atoms with Gasteiger partial charge in [0.1, 0.15) is 17.8 Å². The van der Waals surface area contributed by atoms with Crippen LogP contribution in [-0.4, -0.2) is 70.8 Å². The zero-order chi connectivity index (χ0) is 19.9. The Hall–Kier alpha value is -3.49. The minimum atomic E-state index is -0.376. The second-order valence-corrected chi connectivity index (χ2v) is 6.14. The molecule has 1 aliphatic rings. The highest BCUT2D eigenvalue weighted by Gasteiger charge is 2.22. The lowest BCUT2D eigenvalue weighted by Crippen LogP contribution is -2.48. The molecule has 0 spiro atoms. The summed E-state index contributed by atoms with van der Waals surface area (Å²) in [4.78, 5) is 46.6. The molecule has 1 aromatic heterocycles. The second-order valence-electron chi connectivity index (χ2n) is 6.14. The van der Waals surface area contributed by atoms with Crippen LogP contribution in [0.2, 0.25) is 0 Å². The molecular formula is C19H21N5O4. The van der Waals surface area contributed by atoms with Crippen LogP contribution in [0.3, 0.4) is 0 Å². The normalized spacial score (nSPS) is 13.8. The second kappa shape index (κ2) is 8.94. The van der Waals surface area contributed by atoms with E-state index >= 15 is 0 Å². The maximum absolute atomic E-state index is 12.6. The number of hydrogen-bond donors (Lipinski definition) is 1. The quantitative estimate of drug-likeness (QED) is 0.592. The molecule has 1 aliphatic heterocycles. The van der Waals surface area contributed by atoms with Crippen LogP contribution in [0, 0.1) is 0 Å². The first-order valence-electron chi connectivity index (χ1n) is 8.95. The van der Waals surface area contributed by atoms with Gasteiger partial charge in [-0.3, -0.25) is 9.59 Å². The molecule has 0 radical (unpaired) electrons. The number of ether oxygens (including phenoxy) is 1. The predicted octanol–water partition coefficient (Wildman–Crippen LogP) is 1.31. The van der Waals surface area contributed by atoms with E-state index in [-0.39, 0.29) is 17.6 Å². The summed E-state index contributed by atoms with van der Waals surface area (Å²) in [6, 6.07) is 8.34. The van der Waals surface area contributed by atoms with Crippen molar-refractivity contribution in [2.75, 3.05) is 38.1 Å². The molecule has 2 amide bonds. The molecule has 1 N–H and O–H groups in total. The Bertz CT molecular complexity index is 848. The van der Waals surface area contributed by atoms with Crippen molar-refractivity contribution >= 4 is 29.8 Å². The zero-order valence-corrected chi connectivity index (χ0v) is 15.5. The zero-order valence-electron chi connectivity index (χ0n) is 15.5. The number of anilines is 2. The molecule has 0 bridgehead atoms. The number of carbonyl (C=O) groups is 3. The monoisotopic (exact) mass is 383 g/mol. The molecular weight excluding hydrogens is 362 g/mol. The third-order valence-corrected chi connectivity index (χ3v) is 4.31. The molecule has 9 nitrogen and oxygen atoms in total. The van der Waals surface area contributed by atoms with Gasteiger partial charge in [-0.25, -0.2) is 14.8 Å². The number of nitrogens with one attached hydrogen (secondary N) is 1. The molecule has 28 heavy (non-hydrogen) atoms. The van der Waals surface area contributed by atoms with Crippen molar-refractivity contribution in [1.82, 2.24) is 19.8 Å². The van der Waals surface area contributed by atoms with Gasteiger partial charge in [0.25, 0.3) is 5.91 Å². The van der Waals surface area contributed by atoms with Crippen LogP contribution >= 0.6 is 0 Å². The largest absolute Gasteiger partial charge is 0.462 e. The number of nitrogens with zero attached hydrogens (tertiary/aromatic N) is 4. The summed E-state index contributed by atoms with van der Waals surface area (Å²) in [6.07, 6.45) is 2.12. The fraction of sp³-hybridized carbons (Fsp3) is 0.316. The third-order valence-electron chi connectivity index (χ3n) is 4.31. The minimum Gasteiger partial charge on any atom is -0.462 e. The van der Waals surface area contributed by atoms with E-state index in [1.54, 1.807) is 47.1 Å². The Balaban J connectivity index is 1.65. The van der Waals surface area contributed by atoms with Gasteiger partial charge in [0, 0.05) is 37.9 Å². The Morgan fingerprint density at radius 1 is 1.14 bits per heavy atom. The lowest BCUT2D eigenvalue weighted by molar-refractivity contribution is -0.119. The van der Waals surface area contributed by atoms with Gasteiger partial charge in [-0.1, -0.05) is 0 Å². The molecule has 0 saturated carbocycles. The van der Waals surface area contributed by atoms with Crippen LogP contribution in [0.1, 0.15) is 27.8 Å². The average Bonchev–Trinajstić information content (AvgIpc) is 2.74. The number of amides is 2. The summed E-state index contributed by atoms with van der Waals surface area (Å²) in [5, 5.41) is 3.09. The summed E-state index contributed by atoms with van der Waals surface area (Å²) < 4.78 is 4.96. The predicted molar refractivity (Wildman–Crippen MR) is 101 cm³/mol. The van der Waals surface area contributed by atoms with Crippen molar-refractivity contribution in [2.45, 2.75) is 6.92 Å². The molecule has 2 heterocycles. The molecule has 1 saturated heterocycles. The number of aromatic nitrogens is 2. The van der Waals surface area contributed by atoms with Gasteiger partial charge in [0.05, 0.1) is 12.2 Å². The molecule has 3 rings (SSSR count). The van der Waals surface area contributed by atoms with Gasteiger partial charge in [-0.2, -0.15) is 0 Å². The minimum absolute atomic E-state index is 0.200. The number of carbonyl (C=O) groups excluding carboxylic acids is 3. The van der Waals surface area contributed by atoms with Gasteiger partial charge in [-0.05, 0) is 31.2 Å². The van der Waals surface area contributed by atoms with Crippen molar-refractivity contribution in [3.05, 3.63) is 47.9 Å². The van der Waals surface area contributed by atoms with Crippen molar-refractivity contribution in [3.8, 4) is 0 Å². The standard InChI is InChI=1S/C19H21N5O4/c1-2-28-19(27)14-3-5-15(6-4-14)22-17-11-16(20-12-21-17)18(26)24-9-7-23(13-25)8-10-24/h3-6,11-13H,2,7-10H2,1H3,(H,20,21,22). The first kappa shape index (κ1) is 19.3. The van der Waals surface area contributed by atoms with Gasteiger partial charge in [-0.15, -0.1) is 0 Å². The molecule has 1 aromatic carbocycles. The van der Waals surface area contributed by atoms with E-state index in [1.165, 1.54) is 6.33 Å². The average molecular weight is 383 g/mol.